The molecule has 0 radical (unpaired) electrons. The second-order valence-electron chi connectivity index (χ2n) is 8.15. The summed E-state index contributed by atoms with van der Waals surface area (Å²) in [4.78, 5) is 13.1. The molecule has 0 aliphatic carbocycles. The van der Waals surface area contributed by atoms with Crippen LogP contribution < -0.4 is 21.5 Å². The third-order valence-corrected chi connectivity index (χ3v) is 4.60. The second kappa shape index (κ2) is 7.40. The van der Waals surface area contributed by atoms with Crippen molar-refractivity contribution in [3.05, 3.63) is 71.0 Å². The number of esters is 1. The number of halogens is 1. The number of ether oxygens (including phenoxy) is 2. The van der Waals surface area contributed by atoms with Crippen LogP contribution in [0.25, 0.3) is 0 Å². The van der Waals surface area contributed by atoms with Gasteiger partial charge < -0.3 is 26.3 Å². The van der Waals surface area contributed by atoms with Crippen LogP contribution in [-0.2, 0) is 21.5 Å². The molecule has 0 saturated heterocycles. The van der Waals surface area contributed by atoms with Gasteiger partial charge in [0.05, 0.1) is 5.69 Å². The highest BCUT2D eigenvalue weighted by atomic mass is 19.1. The molecule has 3 rings (SSSR count). The molecule has 1 atom stereocenters. The molecule has 0 amide bonds. The predicted molar refractivity (Wildman–Crippen MR) is 109 cm³/mol. The van der Waals surface area contributed by atoms with Crippen LogP contribution in [0, 0.1) is 5.82 Å². The minimum atomic E-state index is -1.61. The molecular weight excluding hydrogens is 373 g/mol. The monoisotopic (exact) mass is 399 g/mol. The fraction of sp³-hybridized carbons (Fsp3) is 0.318. The largest absolute Gasteiger partial charge is 0.458 e. The van der Waals surface area contributed by atoms with Crippen molar-refractivity contribution in [2.45, 2.75) is 45.3 Å². The summed E-state index contributed by atoms with van der Waals surface area (Å²) >= 11 is 0. The first-order chi connectivity index (χ1) is 13.5. The molecule has 0 bridgehead atoms. The summed E-state index contributed by atoms with van der Waals surface area (Å²) in [6.07, 6.45) is -0.0709. The van der Waals surface area contributed by atoms with Gasteiger partial charge in [-0.2, -0.15) is 0 Å². The highest BCUT2D eigenvalue weighted by Gasteiger charge is 2.41. The fourth-order valence-electron chi connectivity index (χ4n) is 3.05. The maximum absolute atomic E-state index is 14.3. The molecule has 5 N–H and O–H groups in total. The van der Waals surface area contributed by atoms with Crippen molar-refractivity contribution in [2.75, 3.05) is 5.32 Å². The van der Waals surface area contributed by atoms with E-state index in [0.29, 0.717) is 34.1 Å². The third-order valence-electron chi connectivity index (χ3n) is 4.60. The average Bonchev–Trinajstić information content (AvgIpc) is 2.62. The minimum absolute atomic E-state index is 0.0709. The average molecular weight is 399 g/mol. The fourth-order valence-corrected chi connectivity index (χ4v) is 3.05. The molecular formula is C22H26FN3O3. The minimum Gasteiger partial charge on any atom is -0.458 e. The van der Waals surface area contributed by atoms with Gasteiger partial charge in [-0.3, -0.25) is 0 Å². The van der Waals surface area contributed by atoms with Gasteiger partial charge in [0.1, 0.15) is 28.5 Å². The van der Waals surface area contributed by atoms with Crippen molar-refractivity contribution < 1.29 is 18.7 Å². The van der Waals surface area contributed by atoms with Crippen LogP contribution in [0.4, 0.5) is 10.1 Å². The number of carbonyl (C=O) groups is 1. The lowest BCUT2D eigenvalue weighted by Crippen LogP contribution is -2.50. The van der Waals surface area contributed by atoms with Crippen LogP contribution in [0.1, 0.15) is 38.8 Å². The number of rotatable bonds is 4. The van der Waals surface area contributed by atoms with Crippen LogP contribution in [0.2, 0.25) is 0 Å². The van der Waals surface area contributed by atoms with Gasteiger partial charge in [-0.25, -0.2) is 9.18 Å². The summed E-state index contributed by atoms with van der Waals surface area (Å²) in [6, 6.07) is 11.3. The highest BCUT2D eigenvalue weighted by molar-refractivity contribution is 5.84. The van der Waals surface area contributed by atoms with Crippen molar-refractivity contribution in [3.63, 3.8) is 0 Å². The van der Waals surface area contributed by atoms with E-state index in [1.807, 2.05) is 0 Å². The lowest BCUT2D eigenvalue weighted by atomic mass is 9.84. The van der Waals surface area contributed by atoms with Crippen LogP contribution in [-0.4, -0.2) is 11.6 Å². The number of benzene rings is 2. The Kier molecular flexibility index (Phi) is 5.28. The number of hydrogen-bond acceptors (Lipinski definition) is 6. The van der Waals surface area contributed by atoms with Crippen LogP contribution in [0.5, 0.6) is 5.75 Å². The lowest BCUT2D eigenvalue weighted by molar-refractivity contribution is -0.162. The number of nitrogens with two attached hydrogens (primary N) is 2. The van der Waals surface area contributed by atoms with Crippen molar-refractivity contribution in [3.8, 4) is 5.75 Å². The normalized spacial score (nSPS) is 15.7. The molecule has 1 aliphatic rings. The van der Waals surface area contributed by atoms with E-state index in [4.69, 9.17) is 20.9 Å². The summed E-state index contributed by atoms with van der Waals surface area (Å²) in [5, 5.41) is 3.04. The maximum atomic E-state index is 14.3. The smallest absolute Gasteiger partial charge is 0.331 e. The summed E-state index contributed by atoms with van der Waals surface area (Å²) in [7, 11) is 0. The standard InChI is InChI=1S/C22H26FN3O3/c1-13-19(24)26-17-11-15(9-10-18(17)28-13)22(25,20(27)29-21(2,3)4)12-14-7-5-6-8-16(14)23/h5-11,26H,12,24-25H2,1-4H3. The quantitative estimate of drug-likeness (QED) is 0.681. The first-order valence-corrected chi connectivity index (χ1v) is 9.31. The molecule has 1 unspecified atom stereocenters. The number of allylic oxidation sites excluding steroid dienone is 1. The van der Waals surface area contributed by atoms with E-state index in [0.717, 1.165) is 0 Å². The van der Waals surface area contributed by atoms with Gasteiger partial charge in [0.25, 0.3) is 0 Å². The molecule has 1 heterocycles. The number of nitrogens with one attached hydrogen (secondary N) is 1. The number of fused-ring (bicyclic) bond motifs is 1. The molecule has 7 heteroatoms. The third kappa shape index (κ3) is 4.35. The molecule has 1 aliphatic heterocycles. The van der Waals surface area contributed by atoms with Crippen molar-refractivity contribution >= 4 is 11.7 Å². The molecule has 0 aromatic heterocycles. The van der Waals surface area contributed by atoms with E-state index in [9.17, 15) is 9.18 Å². The van der Waals surface area contributed by atoms with E-state index in [2.05, 4.69) is 5.32 Å². The first kappa shape index (κ1) is 20.7. The zero-order chi connectivity index (χ0) is 21.4. The Hall–Kier alpha value is -3.06. The van der Waals surface area contributed by atoms with Crippen LogP contribution in [0.3, 0.4) is 0 Å². The summed E-state index contributed by atoms with van der Waals surface area (Å²) in [5.74, 6) is 0.377. The predicted octanol–water partition coefficient (Wildman–Crippen LogP) is 3.52. The van der Waals surface area contributed by atoms with Crippen molar-refractivity contribution in [1.82, 2.24) is 0 Å². The van der Waals surface area contributed by atoms with Crippen molar-refractivity contribution in [2.24, 2.45) is 11.5 Å². The van der Waals surface area contributed by atoms with Gasteiger partial charge in [-0.05, 0) is 57.0 Å². The number of carbonyl (C=O) groups excluding carboxylic acids is 1. The molecule has 6 nitrogen and oxygen atoms in total. The Labute approximate surface area is 169 Å². The van der Waals surface area contributed by atoms with E-state index in [1.54, 1.807) is 64.1 Å². The molecule has 0 fully saturated rings. The molecule has 2 aromatic rings. The maximum Gasteiger partial charge on any atom is 0.331 e. The Bertz CT molecular complexity index is 982. The van der Waals surface area contributed by atoms with E-state index in [-0.39, 0.29) is 6.42 Å². The van der Waals surface area contributed by atoms with Crippen LogP contribution in [0.15, 0.2) is 54.0 Å². The van der Waals surface area contributed by atoms with Crippen LogP contribution >= 0.6 is 0 Å². The topological polar surface area (TPSA) is 99.6 Å². The lowest BCUT2D eigenvalue weighted by Gasteiger charge is -2.33. The second-order valence-corrected chi connectivity index (χ2v) is 8.15. The summed E-state index contributed by atoms with van der Waals surface area (Å²) in [6.45, 7) is 7.01. The Balaban J connectivity index is 2.06. The van der Waals surface area contributed by atoms with Gasteiger partial charge >= 0.3 is 5.97 Å². The molecule has 29 heavy (non-hydrogen) atoms. The van der Waals surface area contributed by atoms with E-state index in [1.165, 1.54) is 6.07 Å². The Morgan fingerprint density at radius 1 is 1.21 bits per heavy atom. The van der Waals surface area contributed by atoms with Crippen molar-refractivity contribution in [1.29, 1.82) is 0 Å². The van der Waals surface area contributed by atoms with E-state index < -0.39 is 22.9 Å². The Morgan fingerprint density at radius 2 is 1.90 bits per heavy atom. The Morgan fingerprint density at radius 3 is 2.55 bits per heavy atom. The molecule has 2 aromatic carbocycles. The van der Waals surface area contributed by atoms with Gasteiger partial charge in [0.2, 0.25) is 0 Å². The van der Waals surface area contributed by atoms with Gasteiger partial charge in [0, 0.05) is 6.42 Å². The molecule has 0 saturated carbocycles. The number of hydrogen-bond donors (Lipinski definition) is 3. The molecule has 0 spiro atoms. The van der Waals surface area contributed by atoms with Gasteiger partial charge in [0.15, 0.2) is 5.75 Å². The number of anilines is 1. The van der Waals surface area contributed by atoms with Gasteiger partial charge in [-0.15, -0.1) is 0 Å². The first-order valence-electron chi connectivity index (χ1n) is 9.31. The summed E-state index contributed by atoms with van der Waals surface area (Å²) < 4.78 is 25.6. The zero-order valence-corrected chi connectivity index (χ0v) is 17.0. The SMILES string of the molecule is CC1=C(N)Nc2cc(C(N)(Cc3ccccc3F)C(=O)OC(C)(C)C)ccc2O1. The highest BCUT2D eigenvalue weighted by Crippen LogP contribution is 2.36. The summed E-state index contributed by atoms with van der Waals surface area (Å²) in [5.41, 5.74) is 11.5. The zero-order valence-electron chi connectivity index (χ0n) is 17.0. The molecule has 154 valence electrons. The van der Waals surface area contributed by atoms with Gasteiger partial charge in [-0.1, -0.05) is 24.3 Å². The van der Waals surface area contributed by atoms with E-state index >= 15 is 0 Å².